The van der Waals surface area contributed by atoms with Crippen molar-refractivity contribution in [2.75, 3.05) is 26.2 Å². The normalized spacial score (nSPS) is 24.7. The van der Waals surface area contributed by atoms with Crippen LogP contribution in [0.4, 0.5) is 0 Å². The molecular formula is C15H30N2. The Labute approximate surface area is 107 Å². The lowest BCUT2D eigenvalue weighted by Gasteiger charge is -2.26. The number of nitrogens with one attached hydrogen (secondary N) is 1. The van der Waals surface area contributed by atoms with Gasteiger partial charge in [0.05, 0.1) is 0 Å². The first kappa shape index (κ1) is 13.4. The molecule has 1 heterocycles. The molecule has 0 spiro atoms. The second kappa shape index (κ2) is 8.10. The molecule has 1 aliphatic carbocycles. The van der Waals surface area contributed by atoms with Crippen LogP contribution in [0.15, 0.2) is 0 Å². The van der Waals surface area contributed by atoms with Crippen LogP contribution in [0.2, 0.25) is 0 Å². The predicted molar refractivity (Wildman–Crippen MR) is 74.4 cm³/mol. The Hall–Kier alpha value is -0.0800. The van der Waals surface area contributed by atoms with Gasteiger partial charge in [-0.2, -0.15) is 0 Å². The first-order valence-corrected chi connectivity index (χ1v) is 7.91. The Morgan fingerprint density at radius 3 is 2.18 bits per heavy atom. The van der Waals surface area contributed by atoms with E-state index in [0.29, 0.717) is 0 Å². The van der Waals surface area contributed by atoms with Gasteiger partial charge in [0.15, 0.2) is 0 Å². The third-order valence-electron chi connectivity index (χ3n) is 4.39. The number of piperidine rings is 1. The topological polar surface area (TPSA) is 15.3 Å². The summed E-state index contributed by atoms with van der Waals surface area (Å²) in [5.74, 6) is 0. The van der Waals surface area contributed by atoms with Crippen LogP contribution in [0.1, 0.15) is 64.2 Å². The lowest BCUT2D eigenvalue weighted by atomic mass is 10.1. The molecule has 1 saturated heterocycles. The summed E-state index contributed by atoms with van der Waals surface area (Å²) in [7, 11) is 0. The number of rotatable bonds is 5. The van der Waals surface area contributed by atoms with Crippen LogP contribution in [0.5, 0.6) is 0 Å². The van der Waals surface area contributed by atoms with E-state index in [0.717, 1.165) is 6.04 Å². The number of nitrogens with zero attached hydrogens (tertiary/aromatic N) is 1. The maximum absolute atomic E-state index is 3.77. The van der Waals surface area contributed by atoms with Crippen LogP contribution < -0.4 is 5.32 Å². The van der Waals surface area contributed by atoms with Crippen LogP contribution in [0.3, 0.4) is 0 Å². The van der Waals surface area contributed by atoms with E-state index in [2.05, 4.69) is 10.2 Å². The molecule has 0 aromatic rings. The summed E-state index contributed by atoms with van der Waals surface area (Å²) in [6.07, 6.45) is 14.3. The van der Waals surface area contributed by atoms with Gasteiger partial charge >= 0.3 is 0 Å². The number of hydrogen-bond acceptors (Lipinski definition) is 2. The van der Waals surface area contributed by atoms with Gasteiger partial charge in [-0.1, -0.05) is 32.1 Å². The van der Waals surface area contributed by atoms with Gasteiger partial charge in [0.1, 0.15) is 0 Å². The molecule has 0 radical (unpaired) electrons. The maximum atomic E-state index is 3.77. The van der Waals surface area contributed by atoms with E-state index < -0.39 is 0 Å². The quantitative estimate of drug-likeness (QED) is 0.584. The zero-order chi connectivity index (χ0) is 11.8. The van der Waals surface area contributed by atoms with Gasteiger partial charge in [-0.3, -0.25) is 0 Å². The van der Waals surface area contributed by atoms with Crippen molar-refractivity contribution in [3.63, 3.8) is 0 Å². The number of likely N-dealkylation sites (tertiary alicyclic amines) is 1. The average molecular weight is 238 g/mol. The molecule has 2 rings (SSSR count). The highest BCUT2D eigenvalue weighted by molar-refractivity contribution is 4.71. The molecule has 2 aliphatic rings. The molecule has 0 amide bonds. The largest absolute Gasteiger partial charge is 0.314 e. The second-order valence-electron chi connectivity index (χ2n) is 5.90. The molecule has 0 atom stereocenters. The van der Waals surface area contributed by atoms with Gasteiger partial charge < -0.3 is 10.2 Å². The fourth-order valence-electron chi connectivity index (χ4n) is 3.28. The molecule has 1 aliphatic heterocycles. The summed E-state index contributed by atoms with van der Waals surface area (Å²) in [5.41, 5.74) is 0. The molecule has 0 aromatic carbocycles. The fraction of sp³-hybridized carbons (Fsp3) is 1.00. The van der Waals surface area contributed by atoms with Crippen molar-refractivity contribution in [3.8, 4) is 0 Å². The highest BCUT2D eigenvalue weighted by Crippen LogP contribution is 2.17. The van der Waals surface area contributed by atoms with Crippen LogP contribution in [0, 0.1) is 0 Å². The van der Waals surface area contributed by atoms with Crippen molar-refractivity contribution in [2.45, 2.75) is 70.3 Å². The van der Waals surface area contributed by atoms with E-state index in [1.54, 1.807) is 0 Å². The summed E-state index contributed by atoms with van der Waals surface area (Å²) in [6.45, 7) is 5.26. The van der Waals surface area contributed by atoms with E-state index in [1.165, 1.54) is 90.4 Å². The SMILES string of the molecule is C1CCCC(NCCCN2CCCCC2)CC1. The zero-order valence-corrected chi connectivity index (χ0v) is 11.4. The van der Waals surface area contributed by atoms with Crippen LogP contribution in [-0.4, -0.2) is 37.1 Å². The Morgan fingerprint density at radius 2 is 1.47 bits per heavy atom. The molecule has 2 heteroatoms. The van der Waals surface area contributed by atoms with Gasteiger partial charge in [-0.25, -0.2) is 0 Å². The van der Waals surface area contributed by atoms with Gasteiger partial charge in [0.2, 0.25) is 0 Å². The summed E-state index contributed by atoms with van der Waals surface area (Å²) < 4.78 is 0. The van der Waals surface area contributed by atoms with Crippen molar-refractivity contribution >= 4 is 0 Å². The minimum atomic E-state index is 0.832. The van der Waals surface area contributed by atoms with Crippen molar-refractivity contribution in [2.24, 2.45) is 0 Å². The first-order valence-electron chi connectivity index (χ1n) is 7.91. The summed E-state index contributed by atoms with van der Waals surface area (Å²) in [6, 6.07) is 0.832. The van der Waals surface area contributed by atoms with Gasteiger partial charge in [-0.15, -0.1) is 0 Å². The third-order valence-corrected chi connectivity index (χ3v) is 4.39. The monoisotopic (exact) mass is 238 g/mol. The van der Waals surface area contributed by atoms with E-state index >= 15 is 0 Å². The Bertz CT molecular complexity index is 179. The van der Waals surface area contributed by atoms with Crippen LogP contribution in [0.25, 0.3) is 0 Å². The minimum Gasteiger partial charge on any atom is -0.314 e. The van der Waals surface area contributed by atoms with E-state index in [9.17, 15) is 0 Å². The maximum Gasteiger partial charge on any atom is 0.00670 e. The Balaban J connectivity index is 1.49. The molecule has 2 fully saturated rings. The minimum absolute atomic E-state index is 0.832. The third kappa shape index (κ3) is 5.39. The highest BCUT2D eigenvalue weighted by atomic mass is 15.1. The molecule has 0 aromatic heterocycles. The van der Waals surface area contributed by atoms with Crippen molar-refractivity contribution in [3.05, 3.63) is 0 Å². The molecule has 17 heavy (non-hydrogen) atoms. The summed E-state index contributed by atoms with van der Waals surface area (Å²) >= 11 is 0. The van der Waals surface area contributed by atoms with E-state index in [4.69, 9.17) is 0 Å². The molecule has 2 nitrogen and oxygen atoms in total. The summed E-state index contributed by atoms with van der Waals surface area (Å²) in [5, 5.41) is 3.77. The van der Waals surface area contributed by atoms with Crippen LogP contribution in [-0.2, 0) is 0 Å². The highest BCUT2D eigenvalue weighted by Gasteiger charge is 2.12. The fourth-order valence-corrected chi connectivity index (χ4v) is 3.28. The van der Waals surface area contributed by atoms with E-state index in [1.807, 2.05) is 0 Å². The molecule has 0 unspecified atom stereocenters. The molecule has 100 valence electrons. The first-order chi connectivity index (χ1) is 8.45. The molecule has 0 bridgehead atoms. The van der Waals surface area contributed by atoms with Crippen molar-refractivity contribution in [1.29, 1.82) is 0 Å². The summed E-state index contributed by atoms with van der Waals surface area (Å²) in [4.78, 5) is 2.65. The van der Waals surface area contributed by atoms with Crippen LogP contribution >= 0.6 is 0 Å². The lowest BCUT2D eigenvalue weighted by molar-refractivity contribution is 0.224. The lowest BCUT2D eigenvalue weighted by Crippen LogP contribution is -2.34. The smallest absolute Gasteiger partial charge is 0.00670 e. The van der Waals surface area contributed by atoms with Gasteiger partial charge in [0, 0.05) is 6.04 Å². The second-order valence-corrected chi connectivity index (χ2v) is 5.90. The van der Waals surface area contributed by atoms with E-state index in [-0.39, 0.29) is 0 Å². The molecule has 1 N–H and O–H groups in total. The van der Waals surface area contributed by atoms with Gasteiger partial charge in [-0.05, 0) is 58.3 Å². The molecular weight excluding hydrogens is 208 g/mol. The predicted octanol–water partition coefficient (Wildman–Crippen LogP) is 3.17. The van der Waals surface area contributed by atoms with Crippen molar-refractivity contribution < 1.29 is 0 Å². The number of hydrogen-bond donors (Lipinski definition) is 1. The standard InChI is InChI=1S/C15H30N2/c1-2-5-10-15(9-4-1)16-11-8-14-17-12-6-3-7-13-17/h15-16H,1-14H2. The molecule has 1 saturated carbocycles. The average Bonchev–Trinajstić information content (AvgIpc) is 2.65. The van der Waals surface area contributed by atoms with Gasteiger partial charge in [0.25, 0.3) is 0 Å². The Kier molecular flexibility index (Phi) is 6.36. The Morgan fingerprint density at radius 1 is 0.824 bits per heavy atom. The zero-order valence-electron chi connectivity index (χ0n) is 11.4. The van der Waals surface area contributed by atoms with Crippen molar-refractivity contribution in [1.82, 2.24) is 10.2 Å².